The van der Waals surface area contributed by atoms with Crippen LogP contribution in [0.2, 0.25) is 0 Å². The molecule has 0 aliphatic rings. The van der Waals surface area contributed by atoms with Gasteiger partial charge in [0.2, 0.25) is 0 Å². The third-order valence-electron chi connectivity index (χ3n) is 2.37. The van der Waals surface area contributed by atoms with E-state index < -0.39 is 0 Å². The van der Waals surface area contributed by atoms with E-state index >= 15 is 0 Å². The molecule has 0 bridgehead atoms. The Labute approximate surface area is 98.7 Å². The van der Waals surface area contributed by atoms with Crippen LogP contribution in [0.25, 0.3) is 5.82 Å². The zero-order chi connectivity index (χ0) is 12.3. The summed E-state index contributed by atoms with van der Waals surface area (Å²) < 4.78 is 3.06. The van der Waals surface area contributed by atoms with E-state index in [-0.39, 0.29) is 5.56 Å². The Kier molecular flexibility index (Phi) is 3.34. The van der Waals surface area contributed by atoms with E-state index in [0.717, 1.165) is 12.0 Å². The van der Waals surface area contributed by atoms with Crippen LogP contribution in [0.3, 0.4) is 0 Å². The quantitative estimate of drug-likeness (QED) is 0.811. The molecule has 0 aliphatic heterocycles. The van der Waals surface area contributed by atoms with Crippen molar-refractivity contribution in [3.05, 3.63) is 40.4 Å². The number of nitrogens with zero attached hydrogens (tertiary/aromatic N) is 4. The average molecular weight is 233 g/mol. The number of hydrogen-bond acceptors (Lipinski definition) is 4. The van der Waals surface area contributed by atoms with E-state index in [1.807, 2.05) is 13.1 Å². The smallest absolute Gasteiger partial charge is 0.266 e. The van der Waals surface area contributed by atoms with Gasteiger partial charge in [-0.15, -0.1) is 5.10 Å². The Morgan fingerprint density at radius 3 is 2.88 bits per heavy atom. The van der Waals surface area contributed by atoms with Gasteiger partial charge >= 0.3 is 0 Å². The fourth-order valence-electron chi connectivity index (χ4n) is 1.50. The maximum Gasteiger partial charge on any atom is 0.266 e. The molecule has 0 unspecified atom stereocenters. The topological polar surface area (TPSA) is 78.7 Å². The summed E-state index contributed by atoms with van der Waals surface area (Å²) in [5, 5.41) is 8.39. The van der Waals surface area contributed by atoms with Crippen molar-refractivity contribution in [3.8, 4) is 5.82 Å². The molecule has 0 saturated carbocycles. The number of nitrogens with two attached hydrogens (primary N) is 1. The molecule has 17 heavy (non-hydrogen) atoms. The molecule has 2 aromatic rings. The van der Waals surface area contributed by atoms with Crippen molar-refractivity contribution in [2.75, 3.05) is 6.54 Å². The molecule has 0 aromatic carbocycles. The molecule has 0 atom stereocenters. The molecule has 6 nitrogen and oxygen atoms in total. The molecule has 0 spiro atoms. The first kappa shape index (κ1) is 11.5. The Balaban J connectivity index is 2.33. The van der Waals surface area contributed by atoms with Gasteiger partial charge < -0.3 is 5.73 Å². The van der Waals surface area contributed by atoms with Crippen LogP contribution in [-0.2, 0) is 6.54 Å². The number of rotatable bonds is 4. The summed E-state index contributed by atoms with van der Waals surface area (Å²) >= 11 is 0. The van der Waals surface area contributed by atoms with Gasteiger partial charge in [0.25, 0.3) is 5.56 Å². The first-order valence-electron chi connectivity index (χ1n) is 5.50. The highest BCUT2D eigenvalue weighted by Gasteiger charge is 2.03. The van der Waals surface area contributed by atoms with Crippen LogP contribution in [0.4, 0.5) is 0 Å². The van der Waals surface area contributed by atoms with Crippen LogP contribution < -0.4 is 11.3 Å². The summed E-state index contributed by atoms with van der Waals surface area (Å²) in [7, 11) is 0. The van der Waals surface area contributed by atoms with Gasteiger partial charge in [0.15, 0.2) is 5.82 Å². The highest BCUT2D eigenvalue weighted by Crippen LogP contribution is 2.02. The van der Waals surface area contributed by atoms with Crippen LogP contribution in [0.1, 0.15) is 12.0 Å². The molecule has 2 aromatic heterocycles. The van der Waals surface area contributed by atoms with Gasteiger partial charge in [0.1, 0.15) is 0 Å². The Morgan fingerprint density at radius 1 is 1.41 bits per heavy atom. The van der Waals surface area contributed by atoms with Gasteiger partial charge in [-0.2, -0.15) is 5.10 Å². The van der Waals surface area contributed by atoms with Crippen molar-refractivity contribution in [2.45, 2.75) is 19.9 Å². The standard InChI is InChI=1S/C11H15N5O/c1-9-7-13-16(8-9)10-3-4-11(17)15(14-10)6-2-5-12/h3-4,7-8H,2,5-6,12H2,1H3. The van der Waals surface area contributed by atoms with Crippen LogP contribution in [0.5, 0.6) is 0 Å². The summed E-state index contributed by atoms with van der Waals surface area (Å²) in [5.41, 5.74) is 6.35. The van der Waals surface area contributed by atoms with Crippen molar-refractivity contribution < 1.29 is 0 Å². The second-order valence-electron chi connectivity index (χ2n) is 3.86. The van der Waals surface area contributed by atoms with Crippen LogP contribution in [-0.4, -0.2) is 26.1 Å². The maximum absolute atomic E-state index is 11.5. The third kappa shape index (κ3) is 2.59. The molecule has 2 heterocycles. The van der Waals surface area contributed by atoms with E-state index in [1.54, 1.807) is 16.9 Å². The van der Waals surface area contributed by atoms with E-state index in [9.17, 15) is 4.79 Å². The van der Waals surface area contributed by atoms with Crippen molar-refractivity contribution >= 4 is 0 Å². The van der Waals surface area contributed by atoms with E-state index in [4.69, 9.17) is 5.73 Å². The van der Waals surface area contributed by atoms with Crippen LogP contribution in [0, 0.1) is 6.92 Å². The molecule has 0 radical (unpaired) electrons. The normalized spacial score (nSPS) is 10.7. The summed E-state index contributed by atoms with van der Waals surface area (Å²) in [6.45, 7) is 3.02. The largest absolute Gasteiger partial charge is 0.330 e. The lowest BCUT2D eigenvalue weighted by atomic mass is 10.4. The fourth-order valence-corrected chi connectivity index (χ4v) is 1.50. The average Bonchev–Trinajstić information content (AvgIpc) is 2.75. The highest BCUT2D eigenvalue weighted by atomic mass is 16.1. The van der Waals surface area contributed by atoms with Crippen LogP contribution in [0.15, 0.2) is 29.3 Å². The molecule has 0 amide bonds. The predicted molar refractivity (Wildman–Crippen MR) is 64.0 cm³/mol. The Bertz CT molecular complexity index is 557. The van der Waals surface area contributed by atoms with Gasteiger partial charge in [0.05, 0.1) is 6.20 Å². The van der Waals surface area contributed by atoms with Gasteiger partial charge in [-0.3, -0.25) is 4.79 Å². The lowest BCUT2D eigenvalue weighted by Gasteiger charge is -2.05. The summed E-state index contributed by atoms with van der Waals surface area (Å²) in [4.78, 5) is 11.5. The number of aromatic nitrogens is 4. The first-order chi connectivity index (χ1) is 8.20. The predicted octanol–water partition coefficient (Wildman–Crippen LogP) is 0.0862. The SMILES string of the molecule is Cc1cnn(-c2ccc(=O)n(CCCN)n2)c1. The molecule has 2 N–H and O–H groups in total. The number of hydrogen-bond donors (Lipinski definition) is 1. The lowest BCUT2D eigenvalue weighted by molar-refractivity contribution is 0.544. The molecular formula is C11H15N5O. The monoisotopic (exact) mass is 233 g/mol. The molecule has 90 valence electrons. The van der Waals surface area contributed by atoms with Gasteiger partial charge in [-0.1, -0.05) is 0 Å². The third-order valence-corrected chi connectivity index (χ3v) is 2.37. The summed E-state index contributed by atoms with van der Waals surface area (Å²) in [6.07, 6.45) is 4.34. The molecule has 0 aliphatic carbocycles. The summed E-state index contributed by atoms with van der Waals surface area (Å²) in [5.74, 6) is 0.634. The first-order valence-corrected chi connectivity index (χ1v) is 5.50. The minimum Gasteiger partial charge on any atom is -0.330 e. The van der Waals surface area contributed by atoms with Crippen LogP contribution >= 0.6 is 0 Å². The minimum atomic E-state index is -0.119. The second-order valence-corrected chi connectivity index (χ2v) is 3.86. The van der Waals surface area contributed by atoms with Gasteiger partial charge in [-0.25, -0.2) is 9.36 Å². The second kappa shape index (κ2) is 4.92. The Hall–Kier alpha value is -1.95. The van der Waals surface area contributed by atoms with Crippen molar-refractivity contribution in [1.82, 2.24) is 19.6 Å². The maximum atomic E-state index is 11.5. The fraction of sp³-hybridized carbons (Fsp3) is 0.364. The highest BCUT2D eigenvalue weighted by molar-refractivity contribution is 5.19. The van der Waals surface area contributed by atoms with Crippen molar-refractivity contribution in [3.63, 3.8) is 0 Å². The minimum absolute atomic E-state index is 0.119. The molecular weight excluding hydrogens is 218 g/mol. The lowest BCUT2D eigenvalue weighted by Crippen LogP contribution is -2.24. The van der Waals surface area contributed by atoms with Gasteiger partial charge in [-0.05, 0) is 31.5 Å². The molecule has 2 rings (SSSR count). The van der Waals surface area contributed by atoms with Crippen molar-refractivity contribution in [2.24, 2.45) is 5.73 Å². The zero-order valence-electron chi connectivity index (χ0n) is 9.71. The molecule has 6 heteroatoms. The molecule has 0 fully saturated rings. The Morgan fingerprint density at radius 2 is 2.24 bits per heavy atom. The number of aryl methyl sites for hydroxylation is 2. The summed E-state index contributed by atoms with van der Waals surface area (Å²) in [6, 6.07) is 3.16. The van der Waals surface area contributed by atoms with E-state index in [1.165, 1.54) is 10.7 Å². The van der Waals surface area contributed by atoms with E-state index in [0.29, 0.717) is 18.9 Å². The van der Waals surface area contributed by atoms with E-state index in [2.05, 4.69) is 10.2 Å². The van der Waals surface area contributed by atoms with Crippen molar-refractivity contribution in [1.29, 1.82) is 0 Å². The van der Waals surface area contributed by atoms with Gasteiger partial charge in [0, 0.05) is 18.8 Å². The zero-order valence-corrected chi connectivity index (χ0v) is 9.71. The molecule has 0 saturated heterocycles.